The van der Waals surface area contributed by atoms with Gasteiger partial charge in [0.05, 0.1) is 35.2 Å². The Balaban J connectivity index is 1.23. The maximum atomic E-state index is 12.4. The molecule has 3 aromatic rings. The van der Waals surface area contributed by atoms with Crippen LogP contribution in [0, 0.1) is 10.1 Å². The van der Waals surface area contributed by atoms with Gasteiger partial charge in [0.15, 0.2) is 23.4 Å². The highest BCUT2D eigenvalue weighted by molar-refractivity contribution is 5.74. The van der Waals surface area contributed by atoms with Crippen molar-refractivity contribution >= 4 is 35.2 Å². The number of aromatic amines is 1. The van der Waals surface area contributed by atoms with Crippen LogP contribution in [0.25, 0.3) is 11.0 Å². The van der Waals surface area contributed by atoms with Crippen molar-refractivity contribution in [1.82, 2.24) is 24.6 Å². The molecule has 0 radical (unpaired) electrons. The summed E-state index contributed by atoms with van der Waals surface area (Å²) in [6.45, 7) is 0.986. The van der Waals surface area contributed by atoms with Crippen molar-refractivity contribution in [3.63, 3.8) is 0 Å². The van der Waals surface area contributed by atoms with E-state index in [2.05, 4.69) is 20.1 Å². The molecule has 0 saturated carbocycles. The average Bonchev–Trinajstić information content (AvgIpc) is 3.63. The molecule has 0 amide bonds. The average molecular weight is 559 g/mol. The van der Waals surface area contributed by atoms with Crippen LogP contribution in [-0.4, -0.2) is 86.9 Å². The van der Waals surface area contributed by atoms with Crippen molar-refractivity contribution in [2.75, 3.05) is 27.5 Å². The lowest BCUT2D eigenvalue weighted by atomic mass is 10.1. The number of rotatable bonds is 8. The highest BCUT2D eigenvalue weighted by Gasteiger charge is 2.38. The van der Waals surface area contributed by atoms with E-state index in [1.807, 2.05) is 0 Å². The zero-order valence-corrected chi connectivity index (χ0v) is 21.5. The van der Waals surface area contributed by atoms with Gasteiger partial charge >= 0.3 is 6.16 Å². The Morgan fingerprint density at radius 2 is 2.15 bits per heavy atom. The molecule has 2 N–H and O–H groups in total. The fraction of sp³-hybridized carbons (Fsp3) is 0.435. The number of aromatic nitrogens is 4. The summed E-state index contributed by atoms with van der Waals surface area (Å²) in [7, 11) is 3.52. The predicted molar refractivity (Wildman–Crippen MR) is 135 cm³/mol. The summed E-state index contributed by atoms with van der Waals surface area (Å²) in [5.74, 6) is 0.567. The molecule has 4 heterocycles. The lowest BCUT2D eigenvalue weighted by Crippen LogP contribution is -2.28. The summed E-state index contributed by atoms with van der Waals surface area (Å²) >= 11 is 0. The number of nitro groups is 1. The van der Waals surface area contributed by atoms with E-state index in [-0.39, 0.29) is 59.6 Å². The zero-order chi connectivity index (χ0) is 28.6. The second-order valence-corrected chi connectivity index (χ2v) is 9.20. The molecule has 17 nitrogen and oxygen atoms in total. The smallest absolute Gasteiger partial charge is 0.454 e. The number of ether oxygens (including phenoxy) is 5. The van der Waals surface area contributed by atoms with E-state index in [9.17, 15) is 24.8 Å². The number of hydrogen-bond acceptors (Lipinski definition) is 13. The fourth-order valence-electron chi connectivity index (χ4n) is 4.20. The van der Waals surface area contributed by atoms with Crippen LogP contribution in [0.5, 0.6) is 11.5 Å². The van der Waals surface area contributed by atoms with Gasteiger partial charge in [-0.3, -0.25) is 19.9 Å². The van der Waals surface area contributed by atoms with E-state index in [1.165, 1.54) is 36.3 Å². The number of carbonyl (C=O) groups excluding carboxylic acids is 1. The van der Waals surface area contributed by atoms with Gasteiger partial charge < -0.3 is 33.7 Å². The summed E-state index contributed by atoms with van der Waals surface area (Å²) in [4.78, 5) is 48.4. The van der Waals surface area contributed by atoms with E-state index >= 15 is 0 Å². The molecule has 0 spiro atoms. The van der Waals surface area contributed by atoms with Crippen LogP contribution in [0.3, 0.4) is 0 Å². The molecule has 2 aliphatic heterocycles. The molecule has 2 aliphatic rings. The van der Waals surface area contributed by atoms with Crippen LogP contribution in [0.4, 0.5) is 16.4 Å². The molecule has 1 aromatic carbocycles. The van der Waals surface area contributed by atoms with Crippen LogP contribution in [-0.2, 0) is 14.2 Å². The van der Waals surface area contributed by atoms with Crippen molar-refractivity contribution in [2.45, 2.75) is 37.9 Å². The maximum absolute atomic E-state index is 12.4. The van der Waals surface area contributed by atoms with E-state index in [1.54, 1.807) is 19.0 Å². The normalized spacial score (nSPS) is 20.6. The van der Waals surface area contributed by atoms with Gasteiger partial charge in [-0.2, -0.15) is 10.1 Å². The summed E-state index contributed by atoms with van der Waals surface area (Å²) in [6.07, 6.45) is -2.12. The number of nitrogens with zero attached hydrogens (tertiary/aromatic N) is 6. The van der Waals surface area contributed by atoms with Crippen LogP contribution < -0.4 is 15.0 Å². The van der Waals surface area contributed by atoms with E-state index in [0.29, 0.717) is 0 Å². The molecule has 212 valence electrons. The molecule has 2 aromatic heterocycles. The van der Waals surface area contributed by atoms with Crippen molar-refractivity contribution in [3.8, 4) is 11.5 Å². The Labute approximate surface area is 225 Å². The van der Waals surface area contributed by atoms with E-state index in [4.69, 9.17) is 23.7 Å². The Morgan fingerprint density at radius 3 is 2.88 bits per heavy atom. The molecule has 0 bridgehead atoms. The van der Waals surface area contributed by atoms with Crippen molar-refractivity contribution in [1.29, 1.82) is 0 Å². The van der Waals surface area contributed by atoms with Crippen LogP contribution >= 0.6 is 0 Å². The molecule has 4 unspecified atom stereocenters. The van der Waals surface area contributed by atoms with Gasteiger partial charge in [-0.15, -0.1) is 0 Å². The number of aliphatic hydroxyl groups is 1. The monoisotopic (exact) mass is 559 g/mol. The number of fused-ring (bicyclic) bond motifs is 2. The Bertz CT molecular complexity index is 1530. The zero-order valence-electron chi connectivity index (χ0n) is 21.5. The van der Waals surface area contributed by atoms with Crippen molar-refractivity contribution in [2.24, 2.45) is 4.99 Å². The van der Waals surface area contributed by atoms with Gasteiger partial charge in [0.25, 0.3) is 11.2 Å². The number of aliphatic hydroxyl groups excluding tert-OH is 1. The lowest BCUT2D eigenvalue weighted by Gasteiger charge is -2.17. The minimum absolute atomic E-state index is 0.0611. The van der Waals surface area contributed by atoms with Gasteiger partial charge in [-0.25, -0.2) is 14.5 Å². The SMILES string of the molecule is CC(OC(=O)OCC1OC(n2ncc3c(=O)[nH]c(/N=C/N(C)C)nc32)CC1O)c1cc2c(cc1[N+](=O)[O-])OCO2. The molecular formula is C23H25N7O10. The number of aliphatic imine (C=N–C) groups is 1. The van der Waals surface area contributed by atoms with Crippen LogP contribution in [0.1, 0.15) is 31.2 Å². The molecule has 1 saturated heterocycles. The number of nitro benzene ring substituents is 1. The number of nitrogens with one attached hydrogen (secondary N) is 1. The van der Waals surface area contributed by atoms with E-state index < -0.39 is 41.2 Å². The summed E-state index contributed by atoms with van der Waals surface area (Å²) in [6, 6.07) is 2.57. The van der Waals surface area contributed by atoms with Crippen molar-refractivity contribution < 1.29 is 38.5 Å². The number of H-pyrrole nitrogens is 1. The van der Waals surface area contributed by atoms with E-state index in [0.717, 1.165) is 0 Å². The topological polar surface area (TPSA) is 206 Å². The first-order valence-corrected chi connectivity index (χ1v) is 12.0. The first-order chi connectivity index (χ1) is 19.1. The third-order valence-corrected chi connectivity index (χ3v) is 6.13. The quantitative estimate of drug-likeness (QED) is 0.132. The lowest BCUT2D eigenvalue weighted by molar-refractivity contribution is -0.386. The number of carbonyl (C=O) groups is 1. The summed E-state index contributed by atoms with van der Waals surface area (Å²) in [5.41, 5.74) is -0.464. The van der Waals surface area contributed by atoms with Gasteiger partial charge in [0, 0.05) is 20.5 Å². The molecule has 0 aliphatic carbocycles. The Morgan fingerprint density at radius 1 is 1.40 bits per heavy atom. The predicted octanol–water partition coefficient (Wildman–Crippen LogP) is 1.54. The summed E-state index contributed by atoms with van der Waals surface area (Å²) in [5, 5.41) is 26.4. The third-order valence-electron chi connectivity index (χ3n) is 6.13. The van der Waals surface area contributed by atoms with Crippen LogP contribution in [0.2, 0.25) is 0 Å². The first kappa shape index (κ1) is 26.8. The number of benzene rings is 1. The fourth-order valence-corrected chi connectivity index (χ4v) is 4.20. The van der Waals surface area contributed by atoms with Crippen molar-refractivity contribution in [3.05, 3.63) is 44.4 Å². The van der Waals surface area contributed by atoms with Crippen LogP contribution in [0.15, 0.2) is 28.1 Å². The van der Waals surface area contributed by atoms with Gasteiger partial charge in [0.2, 0.25) is 12.7 Å². The molecule has 1 fully saturated rings. The summed E-state index contributed by atoms with van der Waals surface area (Å²) < 4.78 is 28.0. The standard InChI is InChI=1S/C23H25N7O10/c1-11(12-4-16-17(38-10-37-16)5-14(12)30(34)35)39-23(33)36-8-18-15(31)6-19(40-18)29-20-13(7-25-29)21(32)27-22(26-20)24-9-28(2)3/h4-5,7,9,11,15,18-19,31H,6,8,10H2,1-3H3,(H,26,27,32)/b24-9+. The second-order valence-electron chi connectivity index (χ2n) is 9.20. The minimum atomic E-state index is -1.13. The number of hydrogen-bond donors (Lipinski definition) is 2. The largest absolute Gasteiger partial charge is 0.508 e. The maximum Gasteiger partial charge on any atom is 0.508 e. The molecule has 5 rings (SSSR count). The molecule has 40 heavy (non-hydrogen) atoms. The van der Waals surface area contributed by atoms with Gasteiger partial charge in [-0.05, 0) is 13.0 Å². The van der Waals surface area contributed by atoms with Gasteiger partial charge in [-0.1, -0.05) is 0 Å². The molecule has 4 atom stereocenters. The highest BCUT2D eigenvalue weighted by atomic mass is 16.7. The highest BCUT2D eigenvalue weighted by Crippen LogP contribution is 2.41. The second kappa shape index (κ2) is 10.8. The molecule has 17 heteroatoms. The minimum Gasteiger partial charge on any atom is -0.454 e. The Kier molecular flexibility index (Phi) is 7.22. The Hall–Kier alpha value is -4.77. The third kappa shape index (κ3) is 5.36. The van der Waals surface area contributed by atoms with Gasteiger partial charge in [0.1, 0.15) is 24.2 Å². The first-order valence-electron chi connectivity index (χ1n) is 12.0. The molecular weight excluding hydrogens is 534 g/mol.